The van der Waals surface area contributed by atoms with Gasteiger partial charge in [0.15, 0.2) is 0 Å². The van der Waals surface area contributed by atoms with E-state index in [2.05, 4.69) is 76.2 Å². The van der Waals surface area contributed by atoms with Gasteiger partial charge in [-0.3, -0.25) is 0 Å². The lowest BCUT2D eigenvalue weighted by Gasteiger charge is -2.43. The molecule has 0 aliphatic carbocycles. The molecular weight excluding hydrogens is 465 g/mol. The number of alkyl halides is 3. The number of halogens is 3. The average molecular weight is 499 g/mol. The van der Waals surface area contributed by atoms with E-state index in [0.717, 1.165) is 24.1 Å². The van der Waals surface area contributed by atoms with Crippen molar-refractivity contribution in [2.24, 2.45) is 5.92 Å². The Kier molecular flexibility index (Phi) is 7.27. The van der Waals surface area contributed by atoms with Crippen LogP contribution in [-0.2, 0) is 15.3 Å². The fraction of sp³-hybridized carbons (Fsp3) is 0.379. The molecule has 1 heterocycles. The van der Waals surface area contributed by atoms with Crippen LogP contribution in [0.5, 0.6) is 0 Å². The third-order valence-corrected chi connectivity index (χ3v) is 12.1. The molecular formula is C29H33F3O2Si. The van der Waals surface area contributed by atoms with Crippen LogP contribution in [0.2, 0.25) is 5.04 Å². The maximum Gasteiger partial charge on any atom is 0.416 e. The third-order valence-electron chi connectivity index (χ3n) is 7.05. The first kappa shape index (κ1) is 25.7. The monoisotopic (exact) mass is 498 g/mol. The largest absolute Gasteiger partial charge is 0.416 e. The van der Waals surface area contributed by atoms with Crippen molar-refractivity contribution < 1.29 is 22.3 Å². The Morgan fingerprint density at radius 1 is 0.829 bits per heavy atom. The summed E-state index contributed by atoms with van der Waals surface area (Å²) >= 11 is 0. The van der Waals surface area contributed by atoms with Crippen LogP contribution in [0.4, 0.5) is 13.2 Å². The van der Waals surface area contributed by atoms with Gasteiger partial charge in [0.1, 0.15) is 0 Å². The molecule has 3 aromatic carbocycles. The van der Waals surface area contributed by atoms with Crippen molar-refractivity contribution >= 4 is 18.7 Å². The maximum atomic E-state index is 13.0. The second-order valence-electron chi connectivity index (χ2n) is 10.5. The predicted octanol–water partition coefficient (Wildman–Crippen LogP) is 6.75. The normalized spacial score (nSPS) is 21.3. The van der Waals surface area contributed by atoms with Crippen LogP contribution in [0.3, 0.4) is 0 Å². The van der Waals surface area contributed by atoms with Crippen LogP contribution in [0.15, 0.2) is 84.9 Å². The molecule has 2 nitrogen and oxygen atoms in total. The van der Waals surface area contributed by atoms with Gasteiger partial charge in [-0.2, -0.15) is 13.2 Å². The summed E-state index contributed by atoms with van der Waals surface area (Å²) in [5, 5.41) is 2.29. The SMILES string of the molecule is C[C@H]1C[C@H](c2ccc(C(F)(F)F)cc2)O[C@@H]1CO[Si](c1ccccc1)(c1ccccc1)C(C)(C)C. The van der Waals surface area contributed by atoms with Crippen molar-refractivity contribution in [1.29, 1.82) is 0 Å². The van der Waals surface area contributed by atoms with Crippen molar-refractivity contribution in [1.82, 2.24) is 0 Å². The van der Waals surface area contributed by atoms with E-state index in [1.54, 1.807) is 0 Å². The minimum absolute atomic E-state index is 0.135. The Morgan fingerprint density at radius 3 is 1.80 bits per heavy atom. The summed E-state index contributed by atoms with van der Waals surface area (Å²) in [6.07, 6.45) is -3.96. The molecule has 0 amide bonds. The highest BCUT2D eigenvalue weighted by Crippen LogP contribution is 2.41. The van der Waals surface area contributed by atoms with E-state index >= 15 is 0 Å². The fourth-order valence-corrected chi connectivity index (χ4v) is 9.73. The molecule has 0 N–H and O–H groups in total. The summed E-state index contributed by atoms with van der Waals surface area (Å²) in [6, 6.07) is 26.3. The van der Waals surface area contributed by atoms with Crippen LogP contribution >= 0.6 is 0 Å². The van der Waals surface area contributed by atoms with Gasteiger partial charge in [-0.1, -0.05) is 100 Å². The molecule has 0 spiro atoms. The Balaban J connectivity index is 1.59. The summed E-state index contributed by atoms with van der Waals surface area (Å²) in [7, 11) is -2.68. The van der Waals surface area contributed by atoms with Crippen LogP contribution in [0.1, 0.15) is 51.3 Å². The highest BCUT2D eigenvalue weighted by molar-refractivity contribution is 6.99. The second-order valence-corrected chi connectivity index (χ2v) is 14.8. The Hall–Kier alpha value is -2.41. The van der Waals surface area contributed by atoms with E-state index in [-0.39, 0.29) is 23.2 Å². The van der Waals surface area contributed by atoms with Crippen molar-refractivity contribution in [3.05, 3.63) is 96.1 Å². The summed E-state index contributed by atoms with van der Waals surface area (Å²) in [5.74, 6) is 0.223. The molecule has 0 bridgehead atoms. The molecule has 6 heteroatoms. The Bertz CT molecular complexity index is 1050. The Morgan fingerprint density at radius 2 is 1.34 bits per heavy atom. The third kappa shape index (κ3) is 5.25. The van der Waals surface area contributed by atoms with E-state index in [0.29, 0.717) is 6.61 Å². The van der Waals surface area contributed by atoms with Crippen LogP contribution in [0.25, 0.3) is 0 Å². The van der Waals surface area contributed by atoms with Crippen LogP contribution in [-0.4, -0.2) is 21.0 Å². The summed E-state index contributed by atoms with van der Waals surface area (Å²) in [6.45, 7) is 9.28. The number of hydrogen-bond acceptors (Lipinski definition) is 2. The number of ether oxygens (including phenoxy) is 1. The fourth-order valence-electron chi connectivity index (χ4n) is 5.16. The van der Waals surface area contributed by atoms with Crippen molar-refractivity contribution in [2.45, 2.75) is 57.5 Å². The van der Waals surface area contributed by atoms with Gasteiger partial charge in [0.25, 0.3) is 8.32 Å². The maximum absolute atomic E-state index is 13.0. The van der Waals surface area contributed by atoms with Crippen LogP contribution in [0, 0.1) is 5.92 Å². The van der Waals surface area contributed by atoms with Gasteiger partial charge in [-0.15, -0.1) is 0 Å². The molecule has 4 rings (SSSR count). The highest BCUT2D eigenvalue weighted by Gasteiger charge is 2.51. The number of benzene rings is 3. The van der Waals surface area contributed by atoms with E-state index in [9.17, 15) is 13.2 Å². The topological polar surface area (TPSA) is 18.5 Å². The van der Waals surface area contributed by atoms with Gasteiger partial charge < -0.3 is 9.16 Å². The molecule has 35 heavy (non-hydrogen) atoms. The summed E-state index contributed by atoms with van der Waals surface area (Å²) in [4.78, 5) is 0. The first-order valence-corrected chi connectivity index (χ1v) is 14.0. The van der Waals surface area contributed by atoms with E-state index in [1.807, 2.05) is 12.1 Å². The van der Waals surface area contributed by atoms with Crippen molar-refractivity contribution in [2.75, 3.05) is 6.61 Å². The first-order valence-electron chi connectivity index (χ1n) is 12.1. The number of hydrogen-bond donors (Lipinski definition) is 0. The second kappa shape index (κ2) is 9.92. The van der Waals surface area contributed by atoms with Gasteiger partial charge in [0.2, 0.25) is 0 Å². The number of rotatable bonds is 6. The molecule has 1 saturated heterocycles. The molecule has 0 unspecified atom stereocenters. The minimum Gasteiger partial charge on any atom is -0.405 e. The van der Waals surface area contributed by atoms with Gasteiger partial charge in [-0.25, -0.2) is 0 Å². The standard InChI is InChI=1S/C29H33F3O2Si/c1-21-19-26(22-15-17-23(18-16-22)29(30,31)32)34-27(21)20-33-35(28(2,3)4,24-11-7-5-8-12-24)25-13-9-6-10-14-25/h5-18,21,26-27H,19-20H2,1-4H3/t21-,26+,27+/m0/s1. The van der Waals surface area contributed by atoms with E-state index in [1.165, 1.54) is 22.5 Å². The zero-order valence-electron chi connectivity index (χ0n) is 20.7. The average Bonchev–Trinajstić information content (AvgIpc) is 3.20. The van der Waals surface area contributed by atoms with Crippen molar-refractivity contribution in [3.63, 3.8) is 0 Å². The lowest BCUT2D eigenvalue weighted by Crippen LogP contribution is -2.67. The molecule has 186 valence electrons. The quantitative estimate of drug-likeness (QED) is 0.350. The minimum atomic E-state index is -4.34. The zero-order valence-corrected chi connectivity index (χ0v) is 21.7. The first-order chi connectivity index (χ1) is 16.5. The predicted molar refractivity (Wildman–Crippen MR) is 136 cm³/mol. The molecule has 3 aromatic rings. The van der Waals surface area contributed by atoms with E-state index < -0.39 is 20.1 Å². The summed E-state index contributed by atoms with van der Waals surface area (Å²) < 4.78 is 52.3. The molecule has 1 aliphatic heterocycles. The Labute approximate surface area is 207 Å². The molecule has 3 atom stereocenters. The van der Waals surface area contributed by atoms with Gasteiger partial charge in [-0.05, 0) is 45.4 Å². The molecule has 0 saturated carbocycles. The summed E-state index contributed by atoms with van der Waals surface area (Å²) in [5.41, 5.74) is 0.136. The lowest BCUT2D eigenvalue weighted by atomic mass is 9.98. The molecule has 1 fully saturated rings. The molecule has 0 radical (unpaired) electrons. The molecule has 0 aromatic heterocycles. The zero-order chi connectivity index (χ0) is 25.3. The highest BCUT2D eigenvalue weighted by atomic mass is 28.4. The van der Waals surface area contributed by atoms with Crippen molar-refractivity contribution in [3.8, 4) is 0 Å². The van der Waals surface area contributed by atoms with Crippen LogP contribution < -0.4 is 10.4 Å². The van der Waals surface area contributed by atoms with Gasteiger partial charge in [0.05, 0.1) is 24.4 Å². The van der Waals surface area contributed by atoms with Gasteiger partial charge in [0, 0.05) is 0 Å². The molecule has 1 aliphatic rings. The van der Waals surface area contributed by atoms with E-state index in [4.69, 9.17) is 9.16 Å². The smallest absolute Gasteiger partial charge is 0.405 e. The lowest BCUT2D eigenvalue weighted by molar-refractivity contribution is -0.137. The van der Waals surface area contributed by atoms with Gasteiger partial charge >= 0.3 is 6.18 Å².